The lowest BCUT2D eigenvalue weighted by Gasteiger charge is -2.21. The average Bonchev–Trinajstić information content (AvgIpc) is 2.90. The van der Waals surface area contributed by atoms with Gasteiger partial charge in [0.1, 0.15) is 0 Å². The van der Waals surface area contributed by atoms with E-state index >= 15 is 0 Å². The highest BCUT2D eigenvalue weighted by Crippen LogP contribution is 2.09. The zero-order valence-electron chi connectivity index (χ0n) is 11.5. The Morgan fingerprint density at radius 2 is 1.95 bits per heavy atom. The van der Waals surface area contributed by atoms with E-state index in [1.54, 1.807) is 0 Å². The van der Waals surface area contributed by atoms with Gasteiger partial charge in [-0.2, -0.15) is 0 Å². The Balaban J connectivity index is 1.71. The Labute approximate surface area is 119 Å². The number of thiophene rings is 1. The highest BCUT2D eigenvalue weighted by molar-refractivity contribution is 7.09. The molecule has 0 aliphatic carbocycles. The van der Waals surface area contributed by atoms with Gasteiger partial charge in [-0.1, -0.05) is 36.4 Å². The molecule has 2 rings (SSSR count). The van der Waals surface area contributed by atoms with Crippen LogP contribution in [-0.2, 0) is 12.8 Å². The third-order valence-corrected chi connectivity index (χ3v) is 4.14. The number of likely N-dealkylation sites (N-methyl/N-ethyl adjacent to an activating group) is 1. The van der Waals surface area contributed by atoms with Crippen LogP contribution in [0.3, 0.4) is 0 Å². The molecule has 1 aromatic carbocycles. The number of nitrogens with two attached hydrogens (primary N) is 1. The first-order chi connectivity index (χ1) is 9.24. The van der Waals surface area contributed by atoms with E-state index in [0.717, 1.165) is 25.9 Å². The van der Waals surface area contributed by atoms with Gasteiger partial charge in [0.05, 0.1) is 0 Å². The van der Waals surface area contributed by atoms with E-state index in [1.165, 1.54) is 10.4 Å². The summed E-state index contributed by atoms with van der Waals surface area (Å²) in [5.41, 5.74) is 7.54. The number of benzene rings is 1. The van der Waals surface area contributed by atoms with E-state index < -0.39 is 0 Å². The molecule has 102 valence electrons. The summed E-state index contributed by atoms with van der Waals surface area (Å²) >= 11 is 1.83. The van der Waals surface area contributed by atoms with Crippen molar-refractivity contribution < 1.29 is 0 Å². The van der Waals surface area contributed by atoms with E-state index in [1.807, 2.05) is 17.4 Å². The second kappa shape index (κ2) is 7.43. The summed E-state index contributed by atoms with van der Waals surface area (Å²) in [4.78, 5) is 3.77. The highest BCUT2D eigenvalue weighted by atomic mass is 32.1. The molecule has 0 bridgehead atoms. The first kappa shape index (κ1) is 14.3. The molecule has 2 aromatic rings. The van der Waals surface area contributed by atoms with Crippen LogP contribution in [0.5, 0.6) is 0 Å². The van der Waals surface area contributed by atoms with Crippen molar-refractivity contribution in [1.29, 1.82) is 0 Å². The fourth-order valence-corrected chi connectivity index (χ4v) is 2.93. The van der Waals surface area contributed by atoms with Gasteiger partial charge < -0.3 is 10.6 Å². The van der Waals surface area contributed by atoms with E-state index in [4.69, 9.17) is 5.73 Å². The molecule has 1 heterocycles. The third-order valence-electron chi connectivity index (χ3n) is 3.21. The van der Waals surface area contributed by atoms with Gasteiger partial charge in [0.2, 0.25) is 0 Å². The maximum Gasteiger partial charge on any atom is 0.0208 e. The second-order valence-corrected chi connectivity index (χ2v) is 6.07. The molecule has 19 heavy (non-hydrogen) atoms. The first-order valence-electron chi connectivity index (χ1n) is 6.74. The van der Waals surface area contributed by atoms with Crippen molar-refractivity contribution in [3.05, 3.63) is 58.3 Å². The molecular formula is C16H22N2S. The van der Waals surface area contributed by atoms with Crippen LogP contribution in [0.15, 0.2) is 47.8 Å². The summed E-state index contributed by atoms with van der Waals surface area (Å²) in [6, 6.07) is 15.0. The Bertz CT molecular complexity index is 453. The number of hydrogen-bond acceptors (Lipinski definition) is 3. The molecule has 0 saturated heterocycles. The second-order valence-electron chi connectivity index (χ2n) is 5.04. The molecule has 0 radical (unpaired) electrons. The quantitative estimate of drug-likeness (QED) is 0.841. The normalized spacial score (nSPS) is 12.8. The van der Waals surface area contributed by atoms with Crippen LogP contribution in [0, 0.1) is 0 Å². The fraction of sp³-hybridized carbons (Fsp3) is 0.375. The van der Waals surface area contributed by atoms with Gasteiger partial charge in [0.15, 0.2) is 0 Å². The molecule has 1 aromatic heterocycles. The minimum Gasteiger partial charge on any atom is -0.326 e. The predicted octanol–water partition coefficient (Wildman–Crippen LogP) is 2.79. The van der Waals surface area contributed by atoms with Crippen LogP contribution >= 0.6 is 11.3 Å². The summed E-state index contributed by atoms with van der Waals surface area (Å²) in [5.74, 6) is 0. The maximum atomic E-state index is 6.22. The van der Waals surface area contributed by atoms with Gasteiger partial charge in [0.25, 0.3) is 0 Å². The highest BCUT2D eigenvalue weighted by Gasteiger charge is 2.08. The van der Waals surface area contributed by atoms with Crippen molar-refractivity contribution in [2.24, 2.45) is 5.73 Å². The Hall–Kier alpha value is -1.16. The van der Waals surface area contributed by atoms with Gasteiger partial charge in [-0.05, 0) is 36.9 Å². The van der Waals surface area contributed by atoms with Crippen LogP contribution < -0.4 is 5.73 Å². The molecule has 1 atom stereocenters. The lowest BCUT2D eigenvalue weighted by molar-refractivity contribution is 0.314. The minimum absolute atomic E-state index is 0.204. The Kier molecular flexibility index (Phi) is 5.58. The summed E-state index contributed by atoms with van der Waals surface area (Å²) < 4.78 is 0. The van der Waals surface area contributed by atoms with E-state index in [0.29, 0.717) is 0 Å². The fourth-order valence-electron chi connectivity index (χ4n) is 2.23. The largest absolute Gasteiger partial charge is 0.326 e. The molecule has 0 saturated carbocycles. The molecular weight excluding hydrogens is 252 g/mol. The monoisotopic (exact) mass is 274 g/mol. The number of nitrogens with zero attached hydrogens (tertiary/aromatic N) is 1. The van der Waals surface area contributed by atoms with Crippen LogP contribution in [0.25, 0.3) is 0 Å². The van der Waals surface area contributed by atoms with Gasteiger partial charge in [-0.3, -0.25) is 0 Å². The van der Waals surface area contributed by atoms with Gasteiger partial charge in [-0.25, -0.2) is 0 Å². The molecule has 3 heteroatoms. The van der Waals surface area contributed by atoms with Crippen LogP contribution in [0.4, 0.5) is 0 Å². The summed E-state index contributed by atoms with van der Waals surface area (Å²) in [7, 11) is 2.15. The van der Waals surface area contributed by atoms with Crippen molar-refractivity contribution in [2.45, 2.75) is 18.9 Å². The van der Waals surface area contributed by atoms with Crippen molar-refractivity contribution in [2.75, 3.05) is 20.1 Å². The van der Waals surface area contributed by atoms with Crippen LogP contribution in [0.1, 0.15) is 10.4 Å². The molecule has 0 aliphatic heterocycles. The predicted molar refractivity (Wildman–Crippen MR) is 83.6 cm³/mol. The number of hydrogen-bond donors (Lipinski definition) is 1. The SMILES string of the molecule is CN(CCc1cccs1)CC(N)Cc1ccccc1. The molecule has 0 aliphatic rings. The molecule has 2 N–H and O–H groups in total. The summed E-state index contributed by atoms with van der Waals surface area (Å²) in [6.07, 6.45) is 2.07. The van der Waals surface area contributed by atoms with Crippen molar-refractivity contribution in [3.8, 4) is 0 Å². The first-order valence-corrected chi connectivity index (χ1v) is 7.62. The van der Waals surface area contributed by atoms with Crippen molar-refractivity contribution in [1.82, 2.24) is 4.90 Å². The van der Waals surface area contributed by atoms with E-state index in [-0.39, 0.29) is 6.04 Å². The lowest BCUT2D eigenvalue weighted by atomic mass is 10.1. The molecule has 0 fully saturated rings. The minimum atomic E-state index is 0.204. The summed E-state index contributed by atoms with van der Waals surface area (Å²) in [6.45, 7) is 2.02. The third kappa shape index (κ3) is 5.15. The molecule has 0 spiro atoms. The van der Waals surface area contributed by atoms with E-state index in [2.05, 4.69) is 53.7 Å². The van der Waals surface area contributed by atoms with Crippen LogP contribution in [0.2, 0.25) is 0 Å². The van der Waals surface area contributed by atoms with Gasteiger partial charge in [-0.15, -0.1) is 11.3 Å². The zero-order valence-corrected chi connectivity index (χ0v) is 12.3. The van der Waals surface area contributed by atoms with Crippen LogP contribution in [-0.4, -0.2) is 31.1 Å². The standard InChI is InChI=1S/C16H22N2S/c1-18(10-9-16-8-5-11-19-16)13-15(17)12-14-6-3-2-4-7-14/h2-8,11,15H,9-10,12-13,17H2,1H3. The van der Waals surface area contributed by atoms with Crippen molar-refractivity contribution >= 4 is 11.3 Å². The van der Waals surface area contributed by atoms with Crippen molar-refractivity contribution in [3.63, 3.8) is 0 Å². The van der Waals surface area contributed by atoms with E-state index in [9.17, 15) is 0 Å². The molecule has 1 unspecified atom stereocenters. The smallest absolute Gasteiger partial charge is 0.0208 e. The summed E-state index contributed by atoms with van der Waals surface area (Å²) in [5, 5.41) is 2.14. The number of rotatable bonds is 7. The topological polar surface area (TPSA) is 29.3 Å². The Morgan fingerprint density at radius 3 is 2.63 bits per heavy atom. The zero-order chi connectivity index (χ0) is 13.5. The van der Waals surface area contributed by atoms with Gasteiger partial charge >= 0.3 is 0 Å². The molecule has 2 nitrogen and oxygen atoms in total. The maximum absolute atomic E-state index is 6.22. The lowest BCUT2D eigenvalue weighted by Crippen LogP contribution is -2.37. The Morgan fingerprint density at radius 1 is 1.16 bits per heavy atom. The molecule has 0 amide bonds. The average molecular weight is 274 g/mol. The van der Waals surface area contributed by atoms with Gasteiger partial charge in [0, 0.05) is 24.0 Å².